The van der Waals surface area contributed by atoms with Gasteiger partial charge in [0, 0.05) is 26.4 Å². The zero-order valence-electron chi connectivity index (χ0n) is 18.0. The molecule has 0 aromatic heterocycles. The monoisotopic (exact) mass is 380 g/mol. The molecule has 0 spiro atoms. The Morgan fingerprint density at radius 3 is 1.70 bits per heavy atom. The Morgan fingerprint density at radius 2 is 1.15 bits per heavy atom. The van der Waals surface area contributed by atoms with Gasteiger partial charge in [-0.25, -0.2) is 0 Å². The molecule has 0 saturated carbocycles. The lowest BCUT2D eigenvalue weighted by Crippen LogP contribution is -2.26. The summed E-state index contributed by atoms with van der Waals surface area (Å²) in [6.07, 6.45) is 23.4. The largest absolute Gasteiger partial charge is 0.359 e. The lowest BCUT2D eigenvalue weighted by atomic mass is 10.1. The van der Waals surface area contributed by atoms with Crippen molar-refractivity contribution in [3.63, 3.8) is 0 Å². The van der Waals surface area contributed by atoms with Gasteiger partial charge in [-0.2, -0.15) is 0 Å². The van der Waals surface area contributed by atoms with E-state index in [9.17, 15) is 9.59 Å². The maximum atomic E-state index is 11.5. The fourth-order valence-electron chi connectivity index (χ4n) is 3.04. The second-order valence-corrected chi connectivity index (χ2v) is 7.46. The van der Waals surface area contributed by atoms with Crippen molar-refractivity contribution in [1.82, 2.24) is 10.6 Å². The zero-order chi connectivity index (χ0) is 20.0. The smallest absolute Gasteiger partial charge is 0.220 e. The summed E-state index contributed by atoms with van der Waals surface area (Å²) in [5, 5.41) is 5.41. The van der Waals surface area contributed by atoms with Crippen molar-refractivity contribution in [1.29, 1.82) is 0 Å². The molecule has 0 unspecified atom stereocenters. The Bertz CT molecular complexity index is 381. The normalized spacial score (nSPS) is 11.0. The second-order valence-electron chi connectivity index (χ2n) is 7.46. The predicted molar refractivity (Wildman–Crippen MR) is 116 cm³/mol. The Balaban J connectivity index is 3.21. The van der Waals surface area contributed by atoms with E-state index in [1.165, 1.54) is 83.5 Å². The van der Waals surface area contributed by atoms with Crippen molar-refractivity contribution < 1.29 is 9.59 Å². The van der Waals surface area contributed by atoms with Crippen molar-refractivity contribution in [2.75, 3.05) is 13.6 Å². The number of hydrogen-bond acceptors (Lipinski definition) is 2. The Morgan fingerprint density at radius 1 is 0.667 bits per heavy atom. The molecule has 0 aliphatic heterocycles. The average Bonchev–Trinajstić information content (AvgIpc) is 2.68. The molecule has 0 bridgehead atoms. The number of carbonyl (C=O) groups excluding carboxylic acids is 2. The topological polar surface area (TPSA) is 58.2 Å². The van der Waals surface area contributed by atoms with Crippen LogP contribution < -0.4 is 10.6 Å². The van der Waals surface area contributed by atoms with Crippen molar-refractivity contribution in [3.8, 4) is 0 Å². The summed E-state index contributed by atoms with van der Waals surface area (Å²) in [6.45, 7) is 3.00. The standard InChI is InChI=1S/C23H44N2O2/c1-3-4-5-6-7-8-9-10-11-12-13-14-15-16-17-18-21-25-23(27)20-19-22(26)24-2/h10-11H,3-9,12-21H2,1-2H3,(H,24,26)(H,25,27). The van der Waals surface area contributed by atoms with Crippen molar-refractivity contribution in [3.05, 3.63) is 12.2 Å². The zero-order valence-corrected chi connectivity index (χ0v) is 18.0. The third-order valence-electron chi connectivity index (χ3n) is 4.87. The van der Waals surface area contributed by atoms with E-state index in [1.807, 2.05) is 0 Å². The van der Waals surface area contributed by atoms with Crippen molar-refractivity contribution >= 4 is 11.8 Å². The first kappa shape index (κ1) is 25.7. The van der Waals surface area contributed by atoms with Crippen molar-refractivity contribution in [2.45, 2.75) is 110 Å². The molecular formula is C23H44N2O2. The van der Waals surface area contributed by atoms with E-state index in [0.717, 1.165) is 13.0 Å². The van der Waals surface area contributed by atoms with Crippen LogP contribution in [0.4, 0.5) is 0 Å². The van der Waals surface area contributed by atoms with Crippen LogP contribution in [0.25, 0.3) is 0 Å². The maximum Gasteiger partial charge on any atom is 0.220 e. The van der Waals surface area contributed by atoms with Crippen LogP contribution in [0.1, 0.15) is 110 Å². The molecule has 0 aromatic carbocycles. The summed E-state index contributed by atoms with van der Waals surface area (Å²) in [4.78, 5) is 22.6. The number of nitrogens with one attached hydrogen (secondary N) is 2. The van der Waals surface area contributed by atoms with Crippen LogP contribution in [-0.4, -0.2) is 25.4 Å². The number of allylic oxidation sites excluding steroid dienone is 2. The van der Waals surface area contributed by atoms with Gasteiger partial charge in [0.25, 0.3) is 0 Å². The molecule has 0 aliphatic carbocycles. The molecule has 0 atom stereocenters. The van der Waals surface area contributed by atoms with E-state index in [0.29, 0.717) is 0 Å². The molecule has 158 valence electrons. The third kappa shape index (κ3) is 20.8. The highest BCUT2D eigenvalue weighted by molar-refractivity contribution is 5.83. The van der Waals surface area contributed by atoms with Crippen LogP contribution in [0.3, 0.4) is 0 Å². The third-order valence-corrected chi connectivity index (χ3v) is 4.87. The molecule has 2 amide bonds. The molecule has 0 fully saturated rings. The predicted octanol–water partition coefficient (Wildman–Crippen LogP) is 5.67. The summed E-state index contributed by atoms with van der Waals surface area (Å²) in [7, 11) is 1.59. The highest BCUT2D eigenvalue weighted by atomic mass is 16.2. The number of amides is 2. The SMILES string of the molecule is CCCCCCCCC=CCCCCCCCCNC(=O)CCC(=O)NC. The lowest BCUT2D eigenvalue weighted by molar-refractivity contribution is -0.126. The average molecular weight is 381 g/mol. The fraction of sp³-hybridized carbons (Fsp3) is 0.826. The van der Waals surface area contributed by atoms with Crippen LogP contribution in [0.5, 0.6) is 0 Å². The summed E-state index contributed by atoms with van der Waals surface area (Å²) < 4.78 is 0. The molecular weight excluding hydrogens is 336 g/mol. The van der Waals surface area contributed by atoms with Crippen LogP contribution in [-0.2, 0) is 9.59 Å². The van der Waals surface area contributed by atoms with Gasteiger partial charge in [-0.1, -0.05) is 76.9 Å². The molecule has 4 heteroatoms. The summed E-state index contributed by atoms with van der Waals surface area (Å²) in [5.74, 6) is -0.103. The summed E-state index contributed by atoms with van der Waals surface area (Å²) in [6, 6.07) is 0. The summed E-state index contributed by atoms with van der Waals surface area (Å²) in [5.41, 5.74) is 0. The van der Waals surface area contributed by atoms with Gasteiger partial charge in [-0.05, 0) is 32.1 Å². The Labute approximate surface area is 168 Å². The maximum absolute atomic E-state index is 11.5. The number of hydrogen-bond donors (Lipinski definition) is 2. The van der Waals surface area contributed by atoms with E-state index >= 15 is 0 Å². The second kappa shape index (κ2) is 21.0. The van der Waals surface area contributed by atoms with Gasteiger partial charge in [-0.3, -0.25) is 9.59 Å². The van der Waals surface area contributed by atoms with E-state index in [2.05, 4.69) is 29.7 Å². The minimum atomic E-state index is -0.0811. The van der Waals surface area contributed by atoms with Gasteiger partial charge in [0.2, 0.25) is 11.8 Å². The first-order valence-corrected chi connectivity index (χ1v) is 11.3. The summed E-state index contributed by atoms with van der Waals surface area (Å²) >= 11 is 0. The molecule has 0 rings (SSSR count). The van der Waals surface area contributed by atoms with Crippen LogP contribution >= 0.6 is 0 Å². The highest BCUT2D eigenvalue weighted by Gasteiger charge is 2.04. The molecule has 0 aromatic rings. The van der Waals surface area contributed by atoms with Crippen molar-refractivity contribution in [2.24, 2.45) is 0 Å². The molecule has 27 heavy (non-hydrogen) atoms. The molecule has 4 nitrogen and oxygen atoms in total. The van der Waals surface area contributed by atoms with Gasteiger partial charge in [-0.15, -0.1) is 0 Å². The van der Waals surface area contributed by atoms with Crippen LogP contribution in [0.15, 0.2) is 12.2 Å². The van der Waals surface area contributed by atoms with Crippen LogP contribution in [0.2, 0.25) is 0 Å². The van der Waals surface area contributed by atoms with E-state index in [-0.39, 0.29) is 24.7 Å². The Kier molecular flexibility index (Phi) is 20.0. The number of unbranched alkanes of at least 4 members (excludes halogenated alkanes) is 12. The van der Waals surface area contributed by atoms with Gasteiger partial charge in [0.05, 0.1) is 0 Å². The molecule has 0 radical (unpaired) electrons. The minimum Gasteiger partial charge on any atom is -0.359 e. The van der Waals surface area contributed by atoms with E-state index in [4.69, 9.17) is 0 Å². The van der Waals surface area contributed by atoms with Gasteiger partial charge < -0.3 is 10.6 Å². The Hall–Kier alpha value is -1.32. The van der Waals surface area contributed by atoms with Gasteiger partial charge in [0.15, 0.2) is 0 Å². The number of rotatable bonds is 19. The van der Waals surface area contributed by atoms with Crippen LogP contribution in [0, 0.1) is 0 Å². The van der Waals surface area contributed by atoms with E-state index in [1.54, 1.807) is 7.05 Å². The minimum absolute atomic E-state index is 0.0219. The van der Waals surface area contributed by atoms with Gasteiger partial charge in [0.1, 0.15) is 0 Å². The fourth-order valence-corrected chi connectivity index (χ4v) is 3.04. The van der Waals surface area contributed by atoms with E-state index < -0.39 is 0 Å². The molecule has 2 N–H and O–H groups in total. The lowest BCUT2D eigenvalue weighted by Gasteiger charge is -2.05. The molecule has 0 aliphatic rings. The first-order chi connectivity index (χ1) is 13.2. The number of carbonyl (C=O) groups is 2. The quantitative estimate of drug-likeness (QED) is 0.224. The van der Waals surface area contributed by atoms with Gasteiger partial charge >= 0.3 is 0 Å². The highest BCUT2D eigenvalue weighted by Crippen LogP contribution is 2.09. The molecule has 0 saturated heterocycles. The first-order valence-electron chi connectivity index (χ1n) is 11.3. The molecule has 0 heterocycles.